The Morgan fingerprint density at radius 1 is 1.21 bits per heavy atom. The van der Waals surface area contributed by atoms with E-state index in [1.807, 2.05) is 0 Å². The van der Waals surface area contributed by atoms with Crippen molar-refractivity contribution in [2.24, 2.45) is 28.6 Å². The molecule has 0 spiro atoms. The van der Waals surface area contributed by atoms with Gasteiger partial charge in [0.1, 0.15) is 0 Å². The topological polar surface area (TPSA) is 66.8 Å². The smallest absolute Gasteiger partial charge is 0.314 e. The van der Waals surface area contributed by atoms with Crippen LogP contribution < -0.4 is 0 Å². The van der Waals surface area contributed by atoms with E-state index in [4.69, 9.17) is 4.74 Å². The fourth-order valence-corrected chi connectivity index (χ4v) is 5.27. The summed E-state index contributed by atoms with van der Waals surface area (Å²) < 4.78 is 5.02. The largest absolute Gasteiger partial charge is 0.435 e. The van der Waals surface area contributed by atoms with Crippen LogP contribution in [0.2, 0.25) is 0 Å². The van der Waals surface area contributed by atoms with Crippen LogP contribution in [0.4, 0.5) is 0 Å². The lowest BCUT2D eigenvalue weighted by atomic mass is 9.46. The van der Waals surface area contributed by atoms with Crippen LogP contribution in [0.3, 0.4) is 0 Å². The molecule has 108 valence electrons. The minimum absolute atomic E-state index is 0.114. The molecule has 3 unspecified atom stereocenters. The monoisotopic (exact) mass is 268 g/mol. The lowest BCUT2D eigenvalue weighted by Gasteiger charge is -2.58. The average molecular weight is 268 g/mol. The first-order valence-electron chi connectivity index (χ1n) is 7.34. The van der Waals surface area contributed by atoms with E-state index in [1.54, 1.807) is 0 Å². The summed E-state index contributed by atoms with van der Waals surface area (Å²) in [4.78, 5) is 11.9. The Balaban J connectivity index is 2.04. The second kappa shape index (κ2) is 3.95. The summed E-state index contributed by atoms with van der Waals surface area (Å²) in [5.74, 6) is -0.888. The van der Waals surface area contributed by atoms with Crippen molar-refractivity contribution >= 4 is 5.97 Å². The molecule has 6 atom stereocenters. The van der Waals surface area contributed by atoms with E-state index >= 15 is 0 Å². The van der Waals surface area contributed by atoms with Crippen LogP contribution in [0, 0.1) is 28.6 Å². The standard InChI is InChI=1S/C15H24O4/c1-14(2)5-4-6-15(3)9(14)7-8(16)10-11(15)13(18)19-12(10)17/h8-11,13,16,18H,4-7H2,1-3H3/t8-,9-,10?,11?,13?,15+/m0/s1. The Morgan fingerprint density at radius 3 is 2.58 bits per heavy atom. The zero-order valence-corrected chi connectivity index (χ0v) is 11.9. The van der Waals surface area contributed by atoms with Gasteiger partial charge in [0.05, 0.1) is 12.0 Å². The van der Waals surface area contributed by atoms with Gasteiger partial charge in [0.2, 0.25) is 6.29 Å². The molecule has 0 aromatic heterocycles. The molecular weight excluding hydrogens is 244 g/mol. The van der Waals surface area contributed by atoms with Gasteiger partial charge in [-0.05, 0) is 36.0 Å². The van der Waals surface area contributed by atoms with Crippen LogP contribution in [0.25, 0.3) is 0 Å². The predicted octanol–water partition coefficient (Wildman–Crippen LogP) is 1.69. The van der Waals surface area contributed by atoms with Gasteiger partial charge in [-0.3, -0.25) is 4.79 Å². The van der Waals surface area contributed by atoms with Gasteiger partial charge in [-0.2, -0.15) is 0 Å². The van der Waals surface area contributed by atoms with E-state index in [1.165, 1.54) is 0 Å². The van der Waals surface area contributed by atoms with Gasteiger partial charge in [0, 0.05) is 5.92 Å². The second-order valence-corrected chi connectivity index (χ2v) is 7.58. The number of ether oxygens (including phenoxy) is 1. The molecule has 2 aliphatic carbocycles. The molecule has 0 radical (unpaired) electrons. The quantitative estimate of drug-likeness (QED) is 0.656. The number of hydrogen-bond acceptors (Lipinski definition) is 4. The third kappa shape index (κ3) is 1.69. The number of hydrogen-bond donors (Lipinski definition) is 2. The lowest BCUT2D eigenvalue weighted by molar-refractivity contribution is -0.177. The van der Waals surface area contributed by atoms with E-state index in [0.29, 0.717) is 12.3 Å². The van der Waals surface area contributed by atoms with Crippen LogP contribution in [0.1, 0.15) is 46.5 Å². The van der Waals surface area contributed by atoms with Crippen LogP contribution in [-0.4, -0.2) is 28.6 Å². The molecule has 4 heteroatoms. The molecule has 3 fully saturated rings. The zero-order valence-electron chi connectivity index (χ0n) is 11.9. The first-order chi connectivity index (χ1) is 8.77. The van der Waals surface area contributed by atoms with E-state index in [-0.39, 0.29) is 16.7 Å². The molecule has 2 saturated carbocycles. The summed E-state index contributed by atoms with van der Waals surface area (Å²) in [5, 5.41) is 20.5. The van der Waals surface area contributed by atoms with Gasteiger partial charge >= 0.3 is 5.97 Å². The first kappa shape index (κ1) is 13.4. The maximum absolute atomic E-state index is 11.9. The number of cyclic esters (lactones) is 1. The number of carbonyl (C=O) groups excluding carboxylic acids is 1. The fourth-order valence-electron chi connectivity index (χ4n) is 5.27. The van der Waals surface area contributed by atoms with Crippen molar-refractivity contribution in [1.82, 2.24) is 0 Å². The van der Waals surface area contributed by atoms with E-state index in [2.05, 4.69) is 20.8 Å². The predicted molar refractivity (Wildman–Crippen MR) is 68.9 cm³/mol. The molecular formula is C15H24O4. The van der Waals surface area contributed by atoms with Crippen molar-refractivity contribution in [3.8, 4) is 0 Å². The first-order valence-corrected chi connectivity index (χ1v) is 7.34. The molecule has 0 aromatic carbocycles. The molecule has 0 aromatic rings. The number of fused-ring (bicyclic) bond motifs is 3. The molecule has 1 heterocycles. The maximum Gasteiger partial charge on any atom is 0.314 e. The Hall–Kier alpha value is -0.610. The number of aliphatic hydroxyl groups excluding tert-OH is 2. The number of esters is 1. The minimum Gasteiger partial charge on any atom is -0.435 e. The molecule has 19 heavy (non-hydrogen) atoms. The Morgan fingerprint density at radius 2 is 1.89 bits per heavy atom. The van der Waals surface area contributed by atoms with E-state index in [9.17, 15) is 15.0 Å². The summed E-state index contributed by atoms with van der Waals surface area (Å²) in [6.45, 7) is 6.66. The van der Waals surface area contributed by atoms with Gasteiger partial charge in [0.15, 0.2) is 0 Å². The number of rotatable bonds is 0. The third-order valence-electron chi connectivity index (χ3n) is 6.13. The molecule has 3 aliphatic rings. The molecule has 4 nitrogen and oxygen atoms in total. The van der Waals surface area contributed by atoms with Crippen molar-refractivity contribution in [2.75, 3.05) is 0 Å². The molecule has 3 rings (SSSR count). The SMILES string of the molecule is CC1(C)CCC[C@@]2(C)C3C(O)OC(=O)C3[C@@H](O)C[C@@H]12. The van der Waals surface area contributed by atoms with Gasteiger partial charge in [-0.25, -0.2) is 0 Å². The Bertz CT molecular complexity index is 405. The van der Waals surface area contributed by atoms with Gasteiger partial charge in [0.25, 0.3) is 0 Å². The molecule has 1 aliphatic heterocycles. The molecule has 2 N–H and O–H groups in total. The summed E-state index contributed by atoms with van der Waals surface area (Å²) >= 11 is 0. The van der Waals surface area contributed by atoms with Crippen LogP contribution in [-0.2, 0) is 9.53 Å². The summed E-state index contributed by atoms with van der Waals surface area (Å²) in [7, 11) is 0. The van der Waals surface area contributed by atoms with Crippen molar-refractivity contribution < 1.29 is 19.7 Å². The van der Waals surface area contributed by atoms with E-state index in [0.717, 1.165) is 19.3 Å². The number of aliphatic hydroxyl groups is 2. The zero-order chi connectivity index (χ0) is 14.0. The third-order valence-corrected chi connectivity index (χ3v) is 6.13. The summed E-state index contributed by atoms with van der Waals surface area (Å²) in [6, 6.07) is 0. The van der Waals surface area contributed by atoms with Gasteiger partial charge < -0.3 is 14.9 Å². The fraction of sp³-hybridized carbons (Fsp3) is 0.933. The van der Waals surface area contributed by atoms with Crippen LogP contribution >= 0.6 is 0 Å². The second-order valence-electron chi connectivity index (χ2n) is 7.58. The highest BCUT2D eigenvalue weighted by molar-refractivity contribution is 5.76. The normalized spacial score (nSPS) is 52.3. The van der Waals surface area contributed by atoms with Gasteiger partial charge in [-0.1, -0.05) is 27.2 Å². The van der Waals surface area contributed by atoms with Gasteiger partial charge in [-0.15, -0.1) is 0 Å². The lowest BCUT2D eigenvalue weighted by Crippen LogP contribution is -2.57. The number of carbonyl (C=O) groups is 1. The highest BCUT2D eigenvalue weighted by Crippen LogP contribution is 2.63. The van der Waals surface area contributed by atoms with Crippen molar-refractivity contribution in [3.63, 3.8) is 0 Å². The van der Waals surface area contributed by atoms with E-state index < -0.39 is 24.3 Å². The van der Waals surface area contributed by atoms with Crippen molar-refractivity contribution in [1.29, 1.82) is 0 Å². The minimum atomic E-state index is -1.05. The molecule has 0 bridgehead atoms. The highest BCUT2D eigenvalue weighted by atomic mass is 16.6. The van der Waals surface area contributed by atoms with Crippen LogP contribution in [0.15, 0.2) is 0 Å². The molecule has 1 saturated heterocycles. The highest BCUT2D eigenvalue weighted by Gasteiger charge is 2.64. The summed E-state index contributed by atoms with van der Waals surface area (Å²) in [5.41, 5.74) is 0.0293. The van der Waals surface area contributed by atoms with Crippen LogP contribution in [0.5, 0.6) is 0 Å². The molecule has 0 amide bonds. The van der Waals surface area contributed by atoms with Crippen molar-refractivity contribution in [2.45, 2.75) is 58.8 Å². The average Bonchev–Trinajstić information content (AvgIpc) is 2.59. The van der Waals surface area contributed by atoms with Crippen molar-refractivity contribution in [3.05, 3.63) is 0 Å². The Labute approximate surface area is 114 Å². The summed E-state index contributed by atoms with van der Waals surface area (Å²) in [6.07, 6.45) is 2.18. The maximum atomic E-state index is 11.9. The Kier molecular flexibility index (Phi) is 2.78.